The molecule has 0 heterocycles. The minimum Gasteiger partial charge on any atom is -0.508 e. The third-order valence-corrected chi connectivity index (χ3v) is 3.25. The number of amides is 1. The van der Waals surface area contributed by atoms with E-state index in [1.807, 2.05) is 0 Å². The summed E-state index contributed by atoms with van der Waals surface area (Å²) < 4.78 is 0. The van der Waals surface area contributed by atoms with Gasteiger partial charge in [0.05, 0.1) is 10.6 Å². The Labute approximate surface area is 121 Å². The van der Waals surface area contributed by atoms with Gasteiger partial charge in [0.25, 0.3) is 5.91 Å². The first-order chi connectivity index (χ1) is 8.99. The van der Waals surface area contributed by atoms with Gasteiger partial charge < -0.3 is 10.0 Å². The number of nitrogens with zero attached hydrogens (tertiary/aromatic N) is 1. The number of phenolic OH excluding ortho intramolecular Hbond substituents is 1. The molecular formula is C14H11Cl2NO2. The lowest BCUT2D eigenvalue weighted by atomic mass is 10.2. The molecule has 2 aromatic rings. The van der Waals surface area contributed by atoms with Crippen LogP contribution in [0.5, 0.6) is 5.75 Å². The second-order valence-corrected chi connectivity index (χ2v) is 4.85. The molecule has 0 saturated carbocycles. The van der Waals surface area contributed by atoms with E-state index < -0.39 is 0 Å². The molecule has 1 N–H and O–H groups in total. The third-order valence-electron chi connectivity index (χ3n) is 2.70. The number of hydrogen-bond acceptors (Lipinski definition) is 2. The molecule has 2 aromatic carbocycles. The van der Waals surface area contributed by atoms with E-state index in [0.29, 0.717) is 21.3 Å². The van der Waals surface area contributed by atoms with Crippen molar-refractivity contribution in [3.63, 3.8) is 0 Å². The summed E-state index contributed by atoms with van der Waals surface area (Å²) in [5.74, 6) is -0.0959. The maximum atomic E-state index is 12.3. The zero-order valence-corrected chi connectivity index (χ0v) is 11.6. The van der Waals surface area contributed by atoms with Gasteiger partial charge >= 0.3 is 0 Å². The monoisotopic (exact) mass is 295 g/mol. The van der Waals surface area contributed by atoms with E-state index in [9.17, 15) is 9.90 Å². The van der Waals surface area contributed by atoms with Gasteiger partial charge in [0.15, 0.2) is 0 Å². The van der Waals surface area contributed by atoms with Crippen molar-refractivity contribution in [1.29, 1.82) is 0 Å². The number of rotatable bonds is 2. The summed E-state index contributed by atoms with van der Waals surface area (Å²) in [7, 11) is 1.64. The first kappa shape index (κ1) is 13.7. The Kier molecular flexibility index (Phi) is 3.98. The second-order valence-electron chi connectivity index (χ2n) is 4.00. The summed E-state index contributed by atoms with van der Waals surface area (Å²) >= 11 is 11.8. The molecule has 2 rings (SSSR count). The lowest BCUT2D eigenvalue weighted by molar-refractivity contribution is 0.0993. The Morgan fingerprint density at radius 1 is 1.11 bits per heavy atom. The fourth-order valence-electron chi connectivity index (χ4n) is 1.64. The minimum atomic E-state index is -0.243. The van der Waals surface area contributed by atoms with Gasteiger partial charge in [0.2, 0.25) is 0 Å². The van der Waals surface area contributed by atoms with Gasteiger partial charge in [0.1, 0.15) is 5.75 Å². The molecule has 0 aliphatic heterocycles. The normalized spacial score (nSPS) is 10.3. The summed E-state index contributed by atoms with van der Waals surface area (Å²) in [5, 5.41) is 10.0. The molecule has 0 fully saturated rings. The fraction of sp³-hybridized carbons (Fsp3) is 0.0714. The summed E-state index contributed by atoms with van der Waals surface area (Å²) in [4.78, 5) is 13.8. The van der Waals surface area contributed by atoms with Crippen LogP contribution in [0.25, 0.3) is 0 Å². The van der Waals surface area contributed by atoms with Crippen LogP contribution in [0.3, 0.4) is 0 Å². The van der Waals surface area contributed by atoms with Crippen LogP contribution in [0.1, 0.15) is 10.4 Å². The number of carbonyl (C=O) groups is 1. The molecule has 0 aliphatic rings. The van der Waals surface area contributed by atoms with Crippen molar-refractivity contribution in [2.24, 2.45) is 0 Å². The number of carbonyl (C=O) groups excluding carboxylic acids is 1. The van der Waals surface area contributed by atoms with Crippen molar-refractivity contribution in [3.8, 4) is 5.75 Å². The third kappa shape index (κ3) is 3.00. The molecule has 0 bridgehead atoms. The van der Waals surface area contributed by atoms with E-state index in [4.69, 9.17) is 23.2 Å². The van der Waals surface area contributed by atoms with Gasteiger partial charge in [-0.05, 0) is 42.5 Å². The van der Waals surface area contributed by atoms with E-state index >= 15 is 0 Å². The predicted octanol–water partition coefficient (Wildman–Crippen LogP) is 3.98. The molecule has 0 unspecified atom stereocenters. The van der Waals surface area contributed by atoms with Crippen molar-refractivity contribution in [2.75, 3.05) is 11.9 Å². The largest absolute Gasteiger partial charge is 0.508 e. The van der Waals surface area contributed by atoms with Crippen LogP contribution in [-0.4, -0.2) is 18.1 Å². The second kappa shape index (κ2) is 5.51. The molecule has 0 aromatic heterocycles. The highest BCUT2D eigenvalue weighted by atomic mass is 35.5. The SMILES string of the molecule is CN(C(=O)c1ccc(Cl)cc1Cl)c1ccc(O)cc1. The fourth-order valence-corrected chi connectivity index (χ4v) is 2.13. The summed E-state index contributed by atoms with van der Waals surface area (Å²) in [6.45, 7) is 0. The van der Waals surface area contributed by atoms with E-state index in [0.717, 1.165) is 0 Å². The lowest BCUT2D eigenvalue weighted by Crippen LogP contribution is -2.26. The summed E-state index contributed by atoms with van der Waals surface area (Å²) in [5.41, 5.74) is 1.04. The highest BCUT2D eigenvalue weighted by Crippen LogP contribution is 2.24. The van der Waals surface area contributed by atoms with E-state index in [-0.39, 0.29) is 11.7 Å². The molecule has 3 nitrogen and oxygen atoms in total. The smallest absolute Gasteiger partial charge is 0.259 e. The molecule has 0 atom stereocenters. The van der Waals surface area contributed by atoms with Crippen LogP contribution in [0.15, 0.2) is 42.5 Å². The molecule has 0 radical (unpaired) electrons. The summed E-state index contributed by atoms with van der Waals surface area (Å²) in [6.07, 6.45) is 0. The highest BCUT2D eigenvalue weighted by molar-refractivity contribution is 6.37. The van der Waals surface area contributed by atoms with Crippen LogP contribution in [0, 0.1) is 0 Å². The van der Waals surface area contributed by atoms with Crippen LogP contribution in [0.2, 0.25) is 10.0 Å². The number of phenols is 1. The van der Waals surface area contributed by atoms with Crippen molar-refractivity contribution in [2.45, 2.75) is 0 Å². The van der Waals surface area contributed by atoms with Gasteiger partial charge in [-0.15, -0.1) is 0 Å². The van der Waals surface area contributed by atoms with E-state index in [1.165, 1.54) is 23.1 Å². The highest BCUT2D eigenvalue weighted by Gasteiger charge is 2.16. The zero-order valence-electron chi connectivity index (χ0n) is 10.1. The van der Waals surface area contributed by atoms with Crippen LogP contribution in [0.4, 0.5) is 5.69 Å². The number of halogens is 2. The standard InChI is InChI=1S/C14H11Cl2NO2/c1-17(10-3-5-11(18)6-4-10)14(19)12-7-2-9(15)8-13(12)16/h2-8,18H,1H3. The van der Waals surface area contributed by atoms with Crippen molar-refractivity contribution in [1.82, 2.24) is 0 Å². The Balaban J connectivity index is 2.30. The Bertz CT molecular complexity index is 611. The predicted molar refractivity (Wildman–Crippen MR) is 77.3 cm³/mol. The number of benzene rings is 2. The van der Waals surface area contributed by atoms with E-state index in [2.05, 4.69) is 0 Å². The van der Waals surface area contributed by atoms with Crippen molar-refractivity contribution >= 4 is 34.8 Å². The number of hydrogen-bond donors (Lipinski definition) is 1. The topological polar surface area (TPSA) is 40.5 Å². The van der Waals surface area contributed by atoms with Crippen molar-refractivity contribution < 1.29 is 9.90 Å². The molecule has 0 spiro atoms. The van der Waals surface area contributed by atoms with Gasteiger partial charge in [0, 0.05) is 17.8 Å². The maximum absolute atomic E-state index is 12.3. The molecule has 1 amide bonds. The quantitative estimate of drug-likeness (QED) is 0.910. The molecule has 0 saturated heterocycles. The van der Waals surface area contributed by atoms with Crippen LogP contribution < -0.4 is 4.90 Å². The van der Waals surface area contributed by atoms with E-state index in [1.54, 1.807) is 31.3 Å². The Hall–Kier alpha value is -1.71. The number of aromatic hydroxyl groups is 1. The molecule has 0 aliphatic carbocycles. The summed E-state index contributed by atoms with van der Waals surface area (Å²) in [6, 6.07) is 11.1. The average molecular weight is 296 g/mol. The van der Waals surface area contributed by atoms with Gasteiger partial charge in [-0.25, -0.2) is 0 Å². The van der Waals surface area contributed by atoms with Gasteiger partial charge in [-0.2, -0.15) is 0 Å². The molecule has 19 heavy (non-hydrogen) atoms. The first-order valence-corrected chi connectivity index (χ1v) is 6.27. The zero-order chi connectivity index (χ0) is 14.0. The van der Waals surface area contributed by atoms with Gasteiger partial charge in [-0.1, -0.05) is 23.2 Å². The molecular weight excluding hydrogens is 285 g/mol. The maximum Gasteiger partial charge on any atom is 0.259 e. The van der Waals surface area contributed by atoms with Gasteiger partial charge in [-0.3, -0.25) is 4.79 Å². The first-order valence-electron chi connectivity index (χ1n) is 5.51. The Morgan fingerprint density at radius 3 is 2.32 bits per heavy atom. The van der Waals surface area contributed by atoms with Crippen LogP contribution >= 0.6 is 23.2 Å². The molecule has 5 heteroatoms. The van der Waals surface area contributed by atoms with Crippen molar-refractivity contribution in [3.05, 3.63) is 58.1 Å². The minimum absolute atomic E-state index is 0.147. The number of anilines is 1. The Morgan fingerprint density at radius 2 is 1.74 bits per heavy atom. The lowest BCUT2D eigenvalue weighted by Gasteiger charge is -2.18. The average Bonchev–Trinajstić information content (AvgIpc) is 2.38. The molecule has 98 valence electrons. The van der Waals surface area contributed by atoms with Crippen LogP contribution in [-0.2, 0) is 0 Å².